The van der Waals surface area contributed by atoms with Crippen LogP contribution in [0.2, 0.25) is 0 Å². The molecular weight excluding hydrogens is 424 g/mol. The van der Waals surface area contributed by atoms with Crippen molar-refractivity contribution in [2.45, 2.75) is 32.7 Å². The van der Waals surface area contributed by atoms with Crippen LogP contribution in [0.25, 0.3) is 10.9 Å². The van der Waals surface area contributed by atoms with E-state index in [1.807, 2.05) is 84.8 Å². The lowest BCUT2D eigenvalue weighted by Crippen LogP contribution is -2.38. The first-order valence-electron chi connectivity index (χ1n) is 11.7. The zero-order chi connectivity index (χ0) is 24.1. The highest BCUT2D eigenvalue weighted by Crippen LogP contribution is 2.34. The number of H-pyrrole nitrogens is 1. The molecule has 5 heteroatoms. The molecule has 1 aromatic heterocycles. The van der Waals surface area contributed by atoms with Gasteiger partial charge in [0.05, 0.1) is 13.2 Å². The number of nitrogens with one attached hydrogen (secondary N) is 1. The van der Waals surface area contributed by atoms with Crippen molar-refractivity contribution >= 4 is 16.8 Å². The van der Waals surface area contributed by atoms with Crippen molar-refractivity contribution in [1.29, 1.82) is 0 Å². The number of likely N-dealkylation sites (N-methyl/N-ethyl adjacent to an activating group) is 1. The summed E-state index contributed by atoms with van der Waals surface area (Å²) in [5, 5.41) is 1.10. The second-order valence-electron chi connectivity index (χ2n) is 8.66. The van der Waals surface area contributed by atoms with Crippen molar-refractivity contribution in [2.24, 2.45) is 0 Å². The molecule has 5 nitrogen and oxygen atoms in total. The second-order valence-corrected chi connectivity index (χ2v) is 8.66. The molecule has 3 aromatic carbocycles. The third kappa shape index (κ3) is 4.93. The number of amides is 1. The van der Waals surface area contributed by atoms with Crippen LogP contribution >= 0.6 is 0 Å². The van der Waals surface area contributed by atoms with Crippen molar-refractivity contribution < 1.29 is 14.3 Å². The van der Waals surface area contributed by atoms with Gasteiger partial charge in [0.25, 0.3) is 5.91 Å². The monoisotopic (exact) mass is 456 g/mol. The maximum Gasteiger partial charge on any atom is 0.261 e. The molecule has 0 fully saturated rings. The molecule has 1 N–H and O–H groups in total. The van der Waals surface area contributed by atoms with Gasteiger partial charge in [0.1, 0.15) is 11.5 Å². The summed E-state index contributed by atoms with van der Waals surface area (Å²) in [7, 11) is 1.65. The molecule has 0 aliphatic rings. The average molecular weight is 457 g/mol. The van der Waals surface area contributed by atoms with E-state index in [0.29, 0.717) is 18.2 Å². The largest absolute Gasteiger partial charge is 0.497 e. The van der Waals surface area contributed by atoms with Gasteiger partial charge in [-0.25, -0.2) is 0 Å². The molecule has 0 bridgehead atoms. The van der Waals surface area contributed by atoms with E-state index in [1.165, 1.54) is 5.56 Å². The first kappa shape index (κ1) is 23.4. The van der Waals surface area contributed by atoms with Crippen LogP contribution in [-0.2, 0) is 4.79 Å². The molecule has 0 saturated carbocycles. The molecule has 4 rings (SSSR count). The SMILES string of the molecule is CCN(C(=O)COc1ccc(C(C)C)cc1)[C@@H](c1ccc(OC)cc1)c1c[nH]c2ccccc12. The van der Waals surface area contributed by atoms with Crippen LogP contribution in [0.1, 0.15) is 49.4 Å². The van der Waals surface area contributed by atoms with E-state index >= 15 is 0 Å². The summed E-state index contributed by atoms with van der Waals surface area (Å²) in [6.45, 7) is 6.83. The molecule has 1 atom stereocenters. The predicted molar refractivity (Wildman–Crippen MR) is 137 cm³/mol. The molecule has 0 aliphatic carbocycles. The zero-order valence-electron chi connectivity index (χ0n) is 20.2. The summed E-state index contributed by atoms with van der Waals surface area (Å²) in [5.41, 5.74) is 4.35. The number of rotatable bonds is 9. The van der Waals surface area contributed by atoms with Crippen LogP contribution in [0.15, 0.2) is 79.0 Å². The van der Waals surface area contributed by atoms with Crippen molar-refractivity contribution in [2.75, 3.05) is 20.3 Å². The fraction of sp³-hybridized carbons (Fsp3) is 0.276. The van der Waals surface area contributed by atoms with E-state index in [-0.39, 0.29) is 18.6 Å². The standard InChI is InChI=1S/C29H32N2O3/c1-5-31(28(32)19-34-24-16-10-21(11-17-24)20(2)3)29(22-12-14-23(33-4)15-13-22)26-18-30-27-9-7-6-8-25(26)27/h6-18,20,29-30H,5,19H2,1-4H3/t29-/m0/s1. The Bertz CT molecular complexity index is 1230. The lowest BCUT2D eigenvalue weighted by molar-refractivity contribution is -0.134. The molecule has 34 heavy (non-hydrogen) atoms. The van der Waals surface area contributed by atoms with Gasteiger partial charge in [-0.3, -0.25) is 4.79 Å². The second kappa shape index (κ2) is 10.5. The predicted octanol–water partition coefficient (Wildman–Crippen LogP) is 6.32. The lowest BCUT2D eigenvalue weighted by atomic mass is 9.96. The molecule has 176 valence electrons. The molecule has 0 saturated heterocycles. The van der Waals surface area contributed by atoms with E-state index in [1.54, 1.807) is 7.11 Å². The lowest BCUT2D eigenvalue weighted by Gasteiger charge is -2.31. The maximum atomic E-state index is 13.5. The van der Waals surface area contributed by atoms with Gasteiger partial charge >= 0.3 is 0 Å². The molecule has 4 aromatic rings. The highest BCUT2D eigenvalue weighted by atomic mass is 16.5. The number of carbonyl (C=O) groups excluding carboxylic acids is 1. The summed E-state index contributed by atoms with van der Waals surface area (Å²) in [6, 6.07) is 23.8. The number of fused-ring (bicyclic) bond motifs is 1. The van der Waals surface area contributed by atoms with Gasteiger partial charge in [-0.2, -0.15) is 0 Å². The van der Waals surface area contributed by atoms with Crippen LogP contribution in [0.4, 0.5) is 0 Å². The van der Waals surface area contributed by atoms with Crippen molar-refractivity contribution in [3.63, 3.8) is 0 Å². The van der Waals surface area contributed by atoms with Crippen molar-refractivity contribution in [3.05, 3.63) is 95.7 Å². The summed E-state index contributed by atoms with van der Waals surface area (Å²) in [5.74, 6) is 1.86. The average Bonchev–Trinajstić information content (AvgIpc) is 3.30. The third-order valence-corrected chi connectivity index (χ3v) is 6.23. The van der Waals surface area contributed by atoms with Crippen LogP contribution in [0, 0.1) is 0 Å². The first-order chi connectivity index (χ1) is 16.5. The third-order valence-electron chi connectivity index (χ3n) is 6.23. The summed E-state index contributed by atoms with van der Waals surface area (Å²) in [6.07, 6.45) is 2.00. The number of benzene rings is 3. The van der Waals surface area contributed by atoms with Gasteiger partial charge in [0.15, 0.2) is 6.61 Å². The molecule has 0 spiro atoms. The van der Waals surface area contributed by atoms with Crippen LogP contribution in [0.5, 0.6) is 11.5 Å². The van der Waals surface area contributed by atoms with Crippen LogP contribution in [-0.4, -0.2) is 36.1 Å². The topological polar surface area (TPSA) is 54.6 Å². The summed E-state index contributed by atoms with van der Waals surface area (Å²) < 4.78 is 11.2. The van der Waals surface area contributed by atoms with Crippen molar-refractivity contribution in [1.82, 2.24) is 9.88 Å². The normalized spacial score (nSPS) is 12.0. The Balaban J connectivity index is 1.63. The van der Waals surface area contributed by atoms with Crippen LogP contribution in [0.3, 0.4) is 0 Å². The molecule has 1 amide bonds. The minimum absolute atomic E-state index is 0.0239. The van der Waals surface area contributed by atoms with E-state index < -0.39 is 0 Å². The quantitative estimate of drug-likeness (QED) is 0.321. The fourth-order valence-corrected chi connectivity index (χ4v) is 4.31. The van der Waals surface area contributed by atoms with E-state index in [9.17, 15) is 4.79 Å². The number of ether oxygens (including phenoxy) is 2. The number of methoxy groups -OCH3 is 1. The van der Waals surface area contributed by atoms with Crippen LogP contribution < -0.4 is 9.47 Å². The zero-order valence-corrected chi connectivity index (χ0v) is 20.2. The Morgan fingerprint density at radius 2 is 1.56 bits per heavy atom. The Kier molecular flexibility index (Phi) is 7.21. The number of nitrogens with zero attached hydrogens (tertiary/aromatic N) is 1. The van der Waals surface area contributed by atoms with Gasteiger partial charge in [-0.1, -0.05) is 56.3 Å². The van der Waals surface area contributed by atoms with E-state index in [4.69, 9.17) is 9.47 Å². The maximum absolute atomic E-state index is 13.5. The van der Waals surface area contributed by atoms with Gasteiger partial charge in [0, 0.05) is 29.2 Å². The number of carbonyl (C=O) groups is 1. The van der Waals surface area contributed by atoms with E-state index in [2.05, 4.69) is 24.9 Å². The minimum Gasteiger partial charge on any atom is -0.497 e. The molecule has 0 radical (unpaired) electrons. The molecule has 1 heterocycles. The number of hydrogen-bond donors (Lipinski definition) is 1. The van der Waals surface area contributed by atoms with E-state index in [0.717, 1.165) is 27.8 Å². The number of para-hydroxylation sites is 1. The number of aromatic nitrogens is 1. The first-order valence-corrected chi connectivity index (χ1v) is 11.7. The van der Waals surface area contributed by atoms with Gasteiger partial charge in [-0.05, 0) is 54.3 Å². The molecule has 0 unspecified atom stereocenters. The number of hydrogen-bond acceptors (Lipinski definition) is 3. The summed E-state index contributed by atoms with van der Waals surface area (Å²) >= 11 is 0. The number of aromatic amines is 1. The summed E-state index contributed by atoms with van der Waals surface area (Å²) in [4.78, 5) is 18.7. The highest BCUT2D eigenvalue weighted by Gasteiger charge is 2.28. The Morgan fingerprint density at radius 3 is 2.21 bits per heavy atom. The highest BCUT2D eigenvalue weighted by molar-refractivity contribution is 5.86. The smallest absolute Gasteiger partial charge is 0.261 e. The Morgan fingerprint density at radius 1 is 0.912 bits per heavy atom. The van der Waals surface area contributed by atoms with Gasteiger partial charge < -0.3 is 19.4 Å². The molecule has 0 aliphatic heterocycles. The Hall–Kier alpha value is -3.73. The van der Waals surface area contributed by atoms with Gasteiger partial charge in [0.2, 0.25) is 0 Å². The fourth-order valence-electron chi connectivity index (χ4n) is 4.31. The van der Waals surface area contributed by atoms with Crippen molar-refractivity contribution in [3.8, 4) is 11.5 Å². The Labute approximate surface area is 201 Å². The van der Waals surface area contributed by atoms with Gasteiger partial charge in [-0.15, -0.1) is 0 Å². The molecular formula is C29H32N2O3. The minimum atomic E-state index is -0.258.